The van der Waals surface area contributed by atoms with E-state index in [0.717, 1.165) is 6.07 Å². The number of nitrogens with zero attached hydrogens (tertiary/aromatic N) is 2. The molecule has 1 rings (SSSR count). The lowest BCUT2D eigenvalue weighted by Gasteiger charge is -2.31. The average Bonchev–Trinajstić information content (AvgIpc) is 2.83. The highest BCUT2D eigenvalue weighted by molar-refractivity contribution is 5.84. The molecule has 3 amide bonds. The molecule has 0 aliphatic carbocycles. The smallest absolute Gasteiger partial charge is 0.299 e. The number of hydrogen-bond acceptors (Lipinski definition) is 11. The second kappa shape index (κ2) is 15.6. The number of primary amides is 2. The molecule has 0 fully saturated rings. The molecule has 0 bridgehead atoms. The largest absolute Gasteiger partial charge is 0.379 e. The number of carbonyl (C=O) groups is 3. The summed E-state index contributed by atoms with van der Waals surface area (Å²) in [7, 11) is 0. The number of nitrogens with one attached hydrogen (secondary N) is 2. The van der Waals surface area contributed by atoms with Crippen molar-refractivity contribution < 1.29 is 38.4 Å². The van der Waals surface area contributed by atoms with E-state index in [0.29, 0.717) is 6.42 Å². The van der Waals surface area contributed by atoms with E-state index in [1.807, 2.05) is 0 Å². The first-order chi connectivity index (χ1) is 18.5. The van der Waals surface area contributed by atoms with E-state index in [2.05, 4.69) is 10.6 Å². The fourth-order valence-electron chi connectivity index (χ4n) is 3.23. The summed E-state index contributed by atoms with van der Waals surface area (Å²) in [5, 5.41) is 28.2. The molecule has 1 aromatic carbocycles. The van der Waals surface area contributed by atoms with Gasteiger partial charge in [0, 0.05) is 24.4 Å². The highest BCUT2D eigenvalue weighted by atomic mass is 16.6. The fraction of sp³-hybridized carbons (Fsp3) is 0.625. The quantitative estimate of drug-likeness (QED) is 0.0984. The zero-order chi connectivity index (χ0) is 30.5. The lowest BCUT2D eigenvalue weighted by Crippen LogP contribution is -2.51. The van der Waals surface area contributed by atoms with Crippen LogP contribution in [0.15, 0.2) is 18.2 Å². The zero-order valence-electron chi connectivity index (χ0n) is 23.1. The molecule has 1 aromatic rings. The van der Waals surface area contributed by atoms with Crippen molar-refractivity contribution in [1.29, 1.82) is 0 Å². The van der Waals surface area contributed by atoms with E-state index in [9.17, 15) is 34.6 Å². The molecule has 0 atom stereocenters. The van der Waals surface area contributed by atoms with Crippen molar-refractivity contribution in [2.45, 2.75) is 64.1 Å². The SMILES string of the molecule is CC(C)(CCOC(C)(C)C(=O)NC(COCCC(N)=O)COCCC(N)=O)Nc1ccc([N+](=O)[O-])cc1[N+](=O)[O-]. The van der Waals surface area contributed by atoms with Crippen LogP contribution in [0, 0.1) is 20.2 Å². The molecule has 16 heteroatoms. The minimum atomic E-state index is -1.30. The Morgan fingerprint density at radius 2 is 1.48 bits per heavy atom. The number of nitrogens with two attached hydrogens (primary N) is 2. The van der Waals surface area contributed by atoms with Crippen LogP contribution in [0.3, 0.4) is 0 Å². The van der Waals surface area contributed by atoms with Gasteiger partial charge < -0.3 is 36.3 Å². The summed E-state index contributed by atoms with van der Waals surface area (Å²) in [4.78, 5) is 55.8. The molecule has 16 nitrogen and oxygen atoms in total. The molecule has 0 radical (unpaired) electrons. The number of benzene rings is 1. The highest BCUT2D eigenvalue weighted by Crippen LogP contribution is 2.32. The van der Waals surface area contributed by atoms with Crippen LogP contribution in [0.5, 0.6) is 0 Å². The summed E-state index contributed by atoms with van der Waals surface area (Å²) in [6.45, 7) is 6.85. The molecular formula is C24H38N6O10. The maximum atomic E-state index is 13.0. The Balaban J connectivity index is 2.74. The molecule has 0 saturated carbocycles. The molecule has 0 spiro atoms. The Morgan fingerprint density at radius 1 is 0.925 bits per heavy atom. The van der Waals surface area contributed by atoms with Gasteiger partial charge in [-0.05, 0) is 40.2 Å². The Kier molecular flexibility index (Phi) is 13.3. The summed E-state index contributed by atoms with van der Waals surface area (Å²) in [5.41, 5.74) is 7.41. The van der Waals surface area contributed by atoms with Crippen molar-refractivity contribution in [2.24, 2.45) is 11.5 Å². The third-order valence-electron chi connectivity index (χ3n) is 5.56. The summed E-state index contributed by atoms with van der Waals surface area (Å²) < 4.78 is 16.6. The first-order valence-corrected chi connectivity index (χ1v) is 12.4. The number of non-ortho nitro benzene ring substituents is 1. The van der Waals surface area contributed by atoms with Gasteiger partial charge in [-0.2, -0.15) is 0 Å². The summed E-state index contributed by atoms with van der Waals surface area (Å²) >= 11 is 0. The van der Waals surface area contributed by atoms with Crippen LogP contribution in [-0.2, 0) is 28.6 Å². The lowest BCUT2D eigenvalue weighted by molar-refractivity contribution is -0.393. The van der Waals surface area contributed by atoms with Gasteiger partial charge in [-0.25, -0.2) is 0 Å². The van der Waals surface area contributed by atoms with E-state index < -0.39 is 56.1 Å². The fourth-order valence-corrected chi connectivity index (χ4v) is 3.23. The Morgan fingerprint density at radius 3 is 1.95 bits per heavy atom. The number of rotatable bonds is 20. The van der Waals surface area contributed by atoms with Crippen LogP contribution in [-0.4, -0.2) is 77.8 Å². The van der Waals surface area contributed by atoms with E-state index in [1.54, 1.807) is 27.7 Å². The van der Waals surface area contributed by atoms with Gasteiger partial charge in [-0.3, -0.25) is 34.6 Å². The van der Waals surface area contributed by atoms with Crippen molar-refractivity contribution >= 4 is 34.8 Å². The van der Waals surface area contributed by atoms with Gasteiger partial charge >= 0.3 is 0 Å². The average molecular weight is 571 g/mol. The molecule has 40 heavy (non-hydrogen) atoms. The van der Waals surface area contributed by atoms with Gasteiger partial charge in [-0.1, -0.05) is 0 Å². The van der Waals surface area contributed by atoms with Crippen molar-refractivity contribution in [3.63, 3.8) is 0 Å². The van der Waals surface area contributed by atoms with Crippen LogP contribution in [0.2, 0.25) is 0 Å². The number of anilines is 1. The van der Waals surface area contributed by atoms with Crippen molar-refractivity contribution in [2.75, 3.05) is 38.4 Å². The first-order valence-electron chi connectivity index (χ1n) is 12.4. The number of carbonyl (C=O) groups excluding carboxylic acids is 3. The van der Waals surface area contributed by atoms with Crippen molar-refractivity contribution in [1.82, 2.24) is 5.32 Å². The van der Waals surface area contributed by atoms with Gasteiger partial charge in [-0.15, -0.1) is 0 Å². The normalized spacial score (nSPS) is 11.7. The summed E-state index contributed by atoms with van der Waals surface area (Å²) in [6, 6.07) is 2.69. The molecule has 0 saturated heterocycles. The predicted octanol–water partition coefficient (Wildman–Crippen LogP) is 1.15. The second-order valence-electron chi connectivity index (χ2n) is 10.1. The maximum absolute atomic E-state index is 13.0. The Bertz CT molecular complexity index is 1040. The van der Waals surface area contributed by atoms with Crippen LogP contribution >= 0.6 is 0 Å². The molecule has 0 heterocycles. The van der Waals surface area contributed by atoms with E-state index in [4.69, 9.17) is 25.7 Å². The topological polar surface area (TPSA) is 241 Å². The molecule has 0 aliphatic rings. The third kappa shape index (κ3) is 12.8. The van der Waals surface area contributed by atoms with Crippen LogP contribution in [0.4, 0.5) is 17.1 Å². The number of nitro groups is 2. The standard InChI is InChI=1S/C24H38N6O10/c1-23(2,28-18-6-5-17(29(34)35)13-19(18)30(36)37)9-12-40-24(3,4)22(33)27-16(14-38-10-7-20(25)31)15-39-11-8-21(26)32/h5-6,13,16,28H,7-12,14-15H2,1-4H3,(H2,25,31)(H2,26,32)(H,27,33). The highest BCUT2D eigenvalue weighted by Gasteiger charge is 2.32. The van der Waals surface area contributed by atoms with E-state index in [-0.39, 0.29) is 51.6 Å². The van der Waals surface area contributed by atoms with Crippen molar-refractivity contribution in [3.05, 3.63) is 38.4 Å². The monoisotopic (exact) mass is 570 g/mol. The van der Waals surface area contributed by atoms with Crippen molar-refractivity contribution in [3.8, 4) is 0 Å². The third-order valence-corrected chi connectivity index (χ3v) is 5.56. The van der Waals surface area contributed by atoms with Crippen LogP contribution < -0.4 is 22.1 Å². The Hall–Kier alpha value is -3.89. The van der Waals surface area contributed by atoms with Gasteiger partial charge in [0.1, 0.15) is 11.3 Å². The first kappa shape index (κ1) is 34.1. The minimum absolute atomic E-state index is 0.00462. The van der Waals surface area contributed by atoms with E-state index >= 15 is 0 Å². The molecule has 0 unspecified atom stereocenters. The maximum Gasteiger partial charge on any atom is 0.299 e. The van der Waals surface area contributed by atoms with Gasteiger partial charge in [0.05, 0.1) is 55.0 Å². The van der Waals surface area contributed by atoms with Crippen LogP contribution in [0.1, 0.15) is 47.0 Å². The molecule has 0 aliphatic heterocycles. The zero-order valence-corrected chi connectivity index (χ0v) is 23.1. The lowest BCUT2D eigenvalue weighted by atomic mass is 10.00. The Labute approximate surface area is 231 Å². The predicted molar refractivity (Wildman–Crippen MR) is 143 cm³/mol. The van der Waals surface area contributed by atoms with Gasteiger partial charge in [0.15, 0.2) is 0 Å². The molecular weight excluding hydrogens is 532 g/mol. The molecule has 6 N–H and O–H groups in total. The number of ether oxygens (including phenoxy) is 3. The molecule has 224 valence electrons. The van der Waals surface area contributed by atoms with Gasteiger partial charge in [0.25, 0.3) is 17.3 Å². The number of hydrogen-bond donors (Lipinski definition) is 4. The number of amides is 3. The summed E-state index contributed by atoms with van der Waals surface area (Å²) in [6.07, 6.45) is 0.322. The minimum Gasteiger partial charge on any atom is -0.379 e. The van der Waals surface area contributed by atoms with Crippen LogP contribution in [0.25, 0.3) is 0 Å². The summed E-state index contributed by atoms with van der Waals surface area (Å²) in [5.74, 6) is -1.55. The second-order valence-corrected chi connectivity index (χ2v) is 10.1. The number of nitro benzene ring substituents is 2. The van der Waals surface area contributed by atoms with Gasteiger partial charge in [0.2, 0.25) is 11.8 Å². The van der Waals surface area contributed by atoms with E-state index in [1.165, 1.54) is 12.1 Å². The molecule has 0 aromatic heterocycles.